The lowest BCUT2D eigenvalue weighted by molar-refractivity contribution is 0.316. The first-order valence-electron chi connectivity index (χ1n) is 10.5. The average Bonchev–Trinajstić information content (AvgIpc) is 3.12. The molecule has 0 spiro atoms. The van der Waals surface area contributed by atoms with E-state index in [2.05, 4.69) is 54.2 Å². The van der Waals surface area contributed by atoms with Crippen molar-refractivity contribution < 1.29 is 9.15 Å². The summed E-state index contributed by atoms with van der Waals surface area (Å²) in [5.74, 6) is 1.95. The molecule has 0 saturated heterocycles. The number of pyridine rings is 1. The Balaban J connectivity index is 1.38. The monoisotopic (exact) mass is 400 g/mol. The zero-order valence-electron chi connectivity index (χ0n) is 17.7. The summed E-state index contributed by atoms with van der Waals surface area (Å²) < 4.78 is 12.3. The molecular formula is C26H28N2O2. The van der Waals surface area contributed by atoms with Crippen molar-refractivity contribution in [2.24, 2.45) is 0 Å². The van der Waals surface area contributed by atoms with Crippen LogP contribution in [0.25, 0.3) is 11.0 Å². The molecule has 0 aliphatic carbocycles. The molecule has 0 bridgehead atoms. The van der Waals surface area contributed by atoms with Crippen molar-refractivity contribution in [1.82, 2.24) is 4.98 Å². The zero-order chi connectivity index (χ0) is 20.8. The molecule has 0 fully saturated rings. The van der Waals surface area contributed by atoms with Gasteiger partial charge < -0.3 is 14.1 Å². The highest BCUT2D eigenvalue weighted by Gasteiger charge is 2.15. The van der Waals surface area contributed by atoms with Crippen LogP contribution in [0.15, 0.2) is 77.5 Å². The van der Waals surface area contributed by atoms with Crippen LogP contribution in [0.2, 0.25) is 0 Å². The summed E-state index contributed by atoms with van der Waals surface area (Å²) in [5, 5.41) is 1.10. The van der Waals surface area contributed by atoms with Crippen LogP contribution in [0.5, 0.6) is 5.75 Å². The van der Waals surface area contributed by atoms with Crippen LogP contribution in [0.1, 0.15) is 23.3 Å². The van der Waals surface area contributed by atoms with Gasteiger partial charge in [-0.1, -0.05) is 36.4 Å². The van der Waals surface area contributed by atoms with E-state index in [1.807, 2.05) is 36.5 Å². The zero-order valence-corrected chi connectivity index (χ0v) is 17.7. The minimum absolute atomic E-state index is 0.660. The minimum atomic E-state index is 0.660. The first kappa shape index (κ1) is 20.0. The van der Waals surface area contributed by atoms with Crippen molar-refractivity contribution in [3.63, 3.8) is 0 Å². The van der Waals surface area contributed by atoms with E-state index in [-0.39, 0.29) is 0 Å². The smallest absolute Gasteiger partial charge is 0.138 e. The number of hydrogen-bond acceptors (Lipinski definition) is 4. The second kappa shape index (κ2) is 9.49. The van der Waals surface area contributed by atoms with Crippen molar-refractivity contribution >= 4 is 16.7 Å². The summed E-state index contributed by atoms with van der Waals surface area (Å²) >= 11 is 0. The van der Waals surface area contributed by atoms with Crippen LogP contribution in [0, 0.1) is 6.92 Å². The average molecular weight is 401 g/mol. The highest BCUT2D eigenvalue weighted by Crippen LogP contribution is 2.33. The Hall–Kier alpha value is -3.27. The summed E-state index contributed by atoms with van der Waals surface area (Å²) in [6, 6.07) is 20.6. The molecule has 0 N–H and O–H groups in total. The second-order valence-electron chi connectivity index (χ2n) is 7.60. The fraction of sp³-hybridized carbons (Fsp3) is 0.269. The van der Waals surface area contributed by atoms with Gasteiger partial charge in [0.1, 0.15) is 17.1 Å². The number of anilines is 1. The van der Waals surface area contributed by atoms with Gasteiger partial charge in [0.05, 0.1) is 23.9 Å². The molecule has 0 unspecified atom stereocenters. The largest absolute Gasteiger partial charge is 0.493 e. The summed E-state index contributed by atoms with van der Waals surface area (Å²) in [7, 11) is 2.08. The van der Waals surface area contributed by atoms with E-state index in [4.69, 9.17) is 9.15 Å². The van der Waals surface area contributed by atoms with Crippen molar-refractivity contribution in [3.8, 4) is 5.75 Å². The molecular weight excluding hydrogens is 372 g/mol. The van der Waals surface area contributed by atoms with Gasteiger partial charge in [-0.05, 0) is 49.6 Å². The van der Waals surface area contributed by atoms with E-state index >= 15 is 0 Å². The van der Waals surface area contributed by atoms with Gasteiger partial charge in [0.2, 0.25) is 0 Å². The van der Waals surface area contributed by atoms with E-state index in [1.165, 1.54) is 11.1 Å². The van der Waals surface area contributed by atoms with Crippen molar-refractivity contribution in [2.45, 2.75) is 26.2 Å². The first-order valence-corrected chi connectivity index (χ1v) is 10.5. The predicted octanol–water partition coefficient (Wildman–Crippen LogP) is 5.83. The highest BCUT2D eigenvalue weighted by atomic mass is 16.5. The van der Waals surface area contributed by atoms with Gasteiger partial charge in [-0.15, -0.1) is 0 Å². The van der Waals surface area contributed by atoms with Crippen molar-refractivity contribution in [1.29, 1.82) is 0 Å². The maximum Gasteiger partial charge on any atom is 0.138 e. The number of ether oxygens (including phenoxy) is 1. The van der Waals surface area contributed by atoms with Gasteiger partial charge in [-0.2, -0.15) is 0 Å². The molecule has 0 radical (unpaired) electrons. The quantitative estimate of drug-likeness (QED) is 0.332. The molecule has 0 amide bonds. The number of furan rings is 1. The van der Waals surface area contributed by atoms with E-state index in [9.17, 15) is 0 Å². The standard InChI is InChI=1S/C26H28N2O2/c1-20-23(15-14-21-9-4-3-5-10-21)30-25-13-6-12-24(26(20)25)29-18-8-17-28(2)22-11-7-16-27-19-22/h3-7,9-13,16,19H,8,14-15,17-18H2,1-2H3. The maximum absolute atomic E-state index is 6.17. The van der Waals surface area contributed by atoms with Crippen molar-refractivity contribution in [3.05, 3.63) is 89.9 Å². The van der Waals surface area contributed by atoms with Crippen LogP contribution >= 0.6 is 0 Å². The van der Waals surface area contributed by atoms with Crippen LogP contribution in [-0.4, -0.2) is 25.2 Å². The molecule has 4 nitrogen and oxygen atoms in total. The van der Waals surface area contributed by atoms with Crippen LogP contribution in [-0.2, 0) is 12.8 Å². The number of nitrogens with zero attached hydrogens (tertiary/aromatic N) is 2. The minimum Gasteiger partial charge on any atom is -0.493 e. The van der Waals surface area contributed by atoms with Gasteiger partial charge in [-0.3, -0.25) is 4.98 Å². The Bertz CT molecular complexity index is 1070. The van der Waals surface area contributed by atoms with E-state index in [0.29, 0.717) is 6.61 Å². The lowest BCUT2D eigenvalue weighted by atomic mass is 10.1. The number of benzene rings is 2. The molecule has 4 aromatic rings. The Kier molecular flexibility index (Phi) is 6.33. The van der Waals surface area contributed by atoms with Gasteiger partial charge in [0, 0.05) is 31.8 Å². The summed E-state index contributed by atoms with van der Waals surface area (Å²) in [6.45, 7) is 3.71. The molecule has 0 aliphatic rings. The number of rotatable bonds is 9. The molecule has 30 heavy (non-hydrogen) atoms. The number of aromatic nitrogens is 1. The van der Waals surface area contributed by atoms with Crippen LogP contribution in [0.3, 0.4) is 0 Å². The summed E-state index contributed by atoms with van der Waals surface area (Å²) in [5.41, 5.74) is 4.53. The number of hydrogen-bond donors (Lipinski definition) is 0. The highest BCUT2D eigenvalue weighted by molar-refractivity contribution is 5.88. The Morgan fingerprint density at radius 2 is 1.83 bits per heavy atom. The lowest BCUT2D eigenvalue weighted by Crippen LogP contribution is -2.20. The fourth-order valence-corrected chi connectivity index (χ4v) is 3.77. The maximum atomic E-state index is 6.17. The van der Waals surface area contributed by atoms with Crippen LogP contribution < -0.4 is 9.64 Å². The van der Waals surface area contributed by atoms with E-state index in [1.54, 1.807) is 6.20 Å². The summed E-state index contributed by atoms with van der Waals surface area (Å²) in [4.78, 5) is 6.37. The summed E-state index contributed by atoms with van der Waals surface area (Å²) in [6.07, 6.45) is 6.47. The second-order valence-corrected chi connectivity index (χ2v) is 7.60. The molecule has 0 atom stereocenters. The Morgan fingerprint density at radius 1 is 0.967 bits per heavy atom. The lowest BCUT2D eigenvalue weighted by Gasteiger charge is -2.18. The number of aryl methyl sites for hydroxylation is 3. The molecule has 2 aromatic heterocycles. The van der Waals surface area contributed by atoms with Gasteiger partial charge in [0.15, 0.2) is 0 Å². The van der Waals surface area contributed by atoms with E-state index in [0.717, 1.165) is 54.0 Å². The number of fused-ring (bicyclic) bond motifs is 1. The topological polar surface area (TPSA) is 38.5 Å². The predicted molar refractivity (Wildman–Crippen MR) is 122 cm³/mol. The Morgan fingerprint density at radius 3 is 2.63 bits per heavy atom. The first-order chi connectivity index (χ1) is 14.7. The molecule has 154 valence electrons. The third-order valence-electron chi connectivity index (χ3n) is 5.48. The van der Waals surface area contributed by atoms with Crippen LogP contribution in [0.4, 0.5) is 5.69 Å². The van der Waals surface area contributed by atoms with Crippen molar-refractivity contribution in [2.75, 3.05) is 25.1 Å². The van der Waals surface area contributed by atoms with Gasteiger partial charge in [-0.25, -0.2) is 0 Å². The fourth-order valence-electron chi connectivity index (χ4n) is 3.77. The third kappa shape index (κ3) is 4.65. The molecule has 2 heterocycles. The van der Waals surface area contributed by atoms with Gasteiger partial charge >= 0.3 is 0 Å². The molecule has 0 saturated carbocycles. The van der Waals surface area contributed by atoms with E-state index < -0.39 is 0 Å². The normalized spacial score (nSPS) is 11.0. The SMILES string of the molecule is Cc1c(CCc2ccccc2)oc2cccc(OCCCN(C)c3cccnc3)c12. The molecule has 2 aromatic carbocycles. The third-order valence-corrected chi connectivity index (χ3v) is 5.48. The molecule has 4 rings (SSSR count). The molecule has 0 aliphatic heterocycles. The van der Waals surface area contributed by atoms with Gasteiger partial charge in [0.25, 0.3) is 0 Å². The Labute approximate surface area is 178 Å². The molecule has 4 heteroatoms.